The molecule has 0 saturated heterocycles. The standard InChI is InChI=1S/C7H10N2O2/c8-2-3-9-7(10)6-1-4-11-5-6/h1,4-5H,2-3,8H2,(H,9,10). The van der Waals surface area contributed by atoms with E-state index in [1.807, 2.05) is 0 Å². The Hall–Kier alpha value is -1.29. The van der Waals surface area contributed by atoms with Gasteiger partial charge >= 0.3 is 0 Å². The second kappa shape index (κ2) is 3.78. The van der Waals surface area contributed by atoms with Crippen molar-refractivity contribution >= 4 is 5.91 Å². The van der Waals surface area contributed by atoms with E-state index in [9.17, 15) is 4.79 Å². The normalized spacial score (nSPS) is 9.55. The van der Waals surface area contributed by atoms with E-state index in [1.54, 1.807) is 6.07 Å². The predicted molar refractivity (Wildman–Crippen MR) is 40.1 cm³/mol. The first kappa shape index (κ1) is 7.81. The molecule has 4 nitrogen and oxygen atoms in total. The minimum atomic E-state index is -0.149. The zero-order valence-corrected chi connectivity index (χ0v) is 6.04. The van der Waals surface area contributed by atoms with Gasteiger partial charge in [0.05, 0.1) is 11.8 Å². The van der Waals surface area contributed by atoms with Crippen molar-refractivity contribution in [2.24, 2.45) is 5.73 Å². The second-order valence-electron chi connectivity index (χ2n) is 2.06. The number of carbonyl (C=O) groups excluding carboxylic acids is 1. The van der Waals surface area contributed by atoms with Crippen LogP contribution < -0.4 is 11.1 Å². The van der Waals surface area contributed by atoms with Crippen LogP contribution in [0.4, 0.5) is 0 Å². The van der Waals surface area contributed by atoms with Gasteiger partial charge in [0.2, 0.25) is 0 Å². The van der Waals surface area contributed by atoms with E-state index in [0.29, 0.717) is 18.7 Å². The Labute approximate surface area is 64.4 Å². The van der Waals surface area contributed by atoms with Crippen molar-refractivity contribution in [3.63, 3.8) is 0 Å². The number of nitrogens with one attached hydrogen (secondary N) is 1. The van der Waals surface area contributed by atoms with Gasteiger partial charge in [-0.1, -0.05) is 0 Å². The summed E-state index contributed by atoms with van der Waals surface area (Å²) in [5, 5.41) is 2.61. The summed E-state index contributed by atoms with van der Waals surface area (Å²) < 4.78 is 4.72. The number of carbonyl (C=O) groups is 1. The molecule has 0 atom stereocenters. The maximum atomic E-state index is 11.0. The van der Waals surface area contributed by atoms with Gasteiger partial charge in [-0.15, -0.1) is 0 Å². The summed E-state index contributed by atoms with van der Waals surface area (Å²) >= 11 is 0. The molecule has 60 valence electrons. The van der Waals surface area contributed by atoms with Crippen LogP contribution in [0.1, 0.15) is 10.4 Å². The van der Waals surface area contributed by atoms with Crippen molar-refractivity contribution in [2.45, 2.75) is 0 Å². The zero-order chi connectivity index (χ0) is 8.10. The van der Waals surface area contributed by atoms with Gasteiger partial charge < -0.3 is 15.5 Å². The highest BCUT2D eigenvalue weighted by Crippen LogP contribution is 1.98. The summed E-state index contributed by atoms with van der Waals surface area (Å²) in [7, 11) is 0. The average molecular weight is 154 g/mol. The second-order valence-corrected chi connectivity index (χ2v) is 2.06. The zero-order valence-electron chi connectivity index (χ0n) is 6.04. The number of hydrogen-bond donors (Lipinski definition) is 2. The smallest absolute Gasteiger partial charge is 0.254 e. The summed E-state index contributed by atoms with van der Waals surface area (Å²) in [6.07, 6.45) is 2.85. The Balaban J connectivity index is 2.43. The highest BCUT2D eigenvalue weighted by Gasteiger charge is 2.03. The van der Waals surface area contributed by atoms with Gasteiger partial charge in [0, 0.05) is 13.1 Å². The van der Waals surface area contributed by atoms with Crippen molar-refractivity contribution in [3.05, 3.63) is 24.2 Å². The van der Waals surface area contributed by atoms with Crippen LogP contribution in [0.5, 0.6) is 0 Å². The Kier molecular flexibility index (Phi) is 2.68. The lowest BCUT2D eigenvalue weighted by molar-refractivity contribution is 0.0954. The van der Waals surface area contributed by atoms with Crippen molar-refractivity contribution in [1.82, 2.24) is 5.32 Å². The van der Waals surface area contributed by atoms with Crippen LogP contribution in [-0.2, 0) is 0 Å². The Morgan fingerprint density at radius 3 is 3.09 bits per heavy atom. The summed E-state index contributed by atoms with van der Waals surface area (Å²) in [5.41, 5.74) is 5.72. The van der Waals surface area contributed by atoms with Crippen molar-refractivity contribution < 1.29 is 9.21 Å². The van der Waals surface area contributed by atoms with Crippen molar-refractivity contribution in [1.29, 1.82) is 0 Å². The van der Waals surface area contributed by atoms with E-state index in [2.05, 4.69) is 5.32 Å². The lowest BCUT2D eigenvalue weighted by Crippen LogP contribution is -2.28. The Morgan fingerprint density at radius 2 is 2.55 bits per heavy atom. The molecule has 3 N–H and O–H groups in total. The Morgan fingerprint density at radius 1 is 1.73 bits per heavy atom. The highest BCUT2D eigenvalue weighted by atomic mass is 16.3. The van der Waals surface area contributed by atoms with Gasteiger partial charge in [-0.2, -0.15) is 0 Å². The number of hydrogen-bond acceptors (Lipinski definition) is 3. The van der Waals surface area contributed by atoms with Gasteiger partial charge in [0.25, 0.3) is 5.91 Å². The summed E-state index contributed by atoms with van der Waals surface area (Å²) in [4.78, 5) is 11.0. The third kappa shape index (κ3) is 2.09. The molecule has 0 unspecified atom stereocenters. The lowest BCUT2D eigenvalue weighted by Gasteiger charge is -1.98. The first-order valence-electron chi connectivity index (χ1n) is 3.35. The predicted octanol–water partition coefficient (Wildman–Crippen LogP) is -0.0319. The molecular formula is C7H10N2O2. The van der Waals surface area contributed by atoms with Crippen LogP contribution in [0.3, 0.4) is 0 Å². The third-order valence-corrected chi connectivity index (χ3v) is 1.21. The fraction of sp³-hybridized carbons (Fsp3) is 0.286. The molecule has 0 aliphatic rings. The van der Waals surface area contributed by atoms with Crippen LogP contribution in [0.15, 0.2) is 23.0 Å². The molecule has 0 aliphatic heterocycles. The average Bonchev–Trinajstić information content (AvgIpc) is 2.52. The van der Waals surface area contributed by atoms with E-state index >= 15 is 0 Å². The van der Waals surface area contributed by atoms with Gasteiger partial charge in [0.15, 0.2) is 0 Å². The molecule has 1 aromatic rings. The molecule has 11 heavy (non-hydrogen) atoms. The molecule has 1 aromatic heterocycles. The van der Waals surface area contributed by atoms with Gasteiger partial charge in [0.1, 0.15) is 6.26 Å². The molecule has 1 rings (SSSR count). The van der Waals surface area contributed by atoms with Crippen LogP contribution >= 0.6 is 0 Å². The van der Waals surface area contributed by atoms with Crippen LogP contribution in [0, 0.1) is 0 Å². The summed E-state index contributed by atoms with van der Waals surface area (Å²) in [6, 6.07) is 1.60. The molecule has 0 aromatic carbocycles. The van der Waals surface area contributed by atoms with E-state index in [4.69, 9.17) is 10.2 Å². The number of furan rings is 1. The first-order valence-corrected chi connectivity index (χ1v) is 3.35. The number of rotatable bonds is 3. The highest BCUT2D eigenvalue weighted by molar-refractivity contribution is 5.93. The fourth-order valence-electron chi connectivity index (χ4n) is 0.681. The molecule has 0 fully saturated rings. The SMILES string of the molecule is NCCNC(=O)c1ccoc1. The van der Waals surface area contributed by atoms with E-state index in [0.717, 1.165) is 0 Å². The van der Waals surface area contributed by atoms with Crippen LogP contribution in [0.2, 0.25) is 0 Å². The van der Waals surface area contributed by atoms with Gasteiger partial charge in [-0.25, -0.2) is 0 Å². The van der Waals surface area contributed by atoms with Crippen LogP contribution in [-0.4, -0.2) is 19.0 Å². The van der Waals surface area contributed by atoms with E-state index in [1.165, 1.54) is 12.5 Å². The Bertz CT molecular complexity index is 218. The maximum absolute atomic E-state index is 11.0. The third-order valence-electron chi connectivity index (χ3n) is 1.21. The number of nitrogens with two attached hydrogens (primary N) is 1. The molecule has 1 heterocycles. The van der Waals surface area contributed by atoms with Gasteiger partial charge in [-0.05, 0) is 6.07 Å². The van der Waals surface area contributed by atoms with Crippen LogP contribution in [0.25, 0.3) is 0 Å². The van der Waals surface area contributed by atoms with Gasteiger partial charge in [-0.3, -0.25) is 4.79 Å². The minimum Gasteiger partial charge on any atom is -0.472 e. The monoisotopic (exact) mass is 154 g/mol. The first-order chi connectivity index (χ1) is 5.34. The quantitative estimate of drug-likeness (QED) is 0.642. The van der Waals surface area contributed by atoms with Crippen molar-refractivity contribution in [2.75, 3.05) is 13.1 Å². The fourth-order valence-corrected chi connectivity index (χ4v) is 0.681. The molecule has 1 amide bonds. The minimum absolute atomic E-state index is 0.149. The lowest BCUT2D eigenvalue weighted by atomic mass is 10.3. The molecule has 0 radical (unpaired) electrons. The summed E-state index contributed by atoms with van der Waals surface area (Å²) in [6.45, 7) is 0.938. The maximum Gasteiger partial charge on any atom is 0.254 e. The number of amides is 1. The molecule has 0 aliphatic carbocycles. The van der Waals surface area contributed by atoms with E-state index < -0.39 is 0 Å². The topological polar surface area (TPSA) is 68.3 Å². The molecule has 0 spiro atoms. The molecule has 4 heteroatoms. The molecular weight excluding hydrogens is 144 g/mol. The largest absolute Gasteiger partial charge is 0.472 e. The van der Waals surface area contributed by atoms with Crippen molar-refractivity contribution in [3.8, 4) is 0 Å². The molecule has 0 saturated carbocycles. The summed E-state index contributed by atoms with van der Waals surface area (Å²) in [5.74, 6) is -0.149. The molecule has 0 bridgehead atoms. The van der Waals surface area contributed by atoms with E-state index in [-0.39, 0.29) is 5.91 Å².